The molecule has 0 aromatic rings. The van der Waals surface area contributed by atoms with Crippen LogP contribution in [0, 0.1) is 0 Å². The Balaban J connectivity index is 0. The summed E-state index contributed by atoms with van der Waals surface area (Å²) in [5.41, 5.74) is 2.67. The zero-order valence-corrected chi connectivity index (χ0v) is 7.02. The molecule has 0 atom stereocenters. The van der Waals surface area contributed by atoms with E-state index in [2.05, 4.69) is 18.6 Å². The Morgan fingerprint density at radius 1 is 1.36 bits per heavy atom. The molecule has 11 heavy (non-hydrogen) atoms. The first-order valence-corrected chi connectivity index (χ1v) is 3.35. The highest BCUT2D eigenvalue weighted by Crippen LogP contribution is 1.94. The zero-order valence-electron chi connectivity index (χ0n) is 7.02. The number of hydrogen-bond acceptors (Lipinski definition) is 2. The zero-order chi connectivity index (χ0) is 9.28. The Bertz CT molecular complexity index is 150. The molecular weight excluding hydrogens is 143 g/mol. The number of allylic oxidation sites excluding steroid dienone is 3. The van der Waals surface area contributed by atoms with Crippen molar-refractivity contribution in [2.45, 2.75) is 13.8 Å². The monoisotopic (exact) mass is 158 g/mol. The van der Waals surface area contributed by atoms with Crippen LogP contribution in [0.5, 0.6) is 0 Å². The van der Waals surface area contributed by atoms with Crippen LogP contribution >= 0.6 is 0 Å². The molecule has 0 saturated heterocycles. The topological polar surface area (TPSA) is 38.0 Å². The van der Waals surface area contributed by atoms with E-state index in [1.807, 2.05) is 13.8 Å². The van der Waals surface area contributed by atoms with Gasteiger partial charge in [-0.3, -0.25) is 5.84 Å². The minimum Gasteiger partial charge on any atom is -0.325 e. The van der Waals surface area contributed by atoms with Gasteiger partial charge in [0.1, 0.15) is 5.83 Å². The smallest absolute Gasteiger partial charge is 0.116 e. The van der Waals surface area contributed by atoms with E-state index in [9.17, 15) is 4.39 Å². The van der Waals surface area contributed by atoms with Crippen LogP contribution < -0.4 is 11.3 Å². The maximum atomic E-state index is 11.8. The molecule has 3 heteroatoms. The number of nitrogens with two attached hydrogens (primary N) is 1. The predicted octanol–water partition coefficient (Wildman–Crippen LogP) is 2.03. The van der Waals surface area contributed by atoms with Crippen LogP contribution in [-0.4, -0.2) is 0 Å². The Morgan fingerprint density at radius 3 is 2.09 bits per heavy atom. The molecular formula is C8H15FN2. The first kappa shape index (κ1) is 12.6. The van der Waals surface area contributed by atoms with Crippen molar-refractivity contribution in [2.24, 2.45) is 5.84 Å². The Hall–Kier alpha value is -1.09. The standard InChI is InChI=1S/C6H9FN2.C2H6/c1-5(7)3-4-6(2)9-8;1-2/h3-4,9H,1-2,8H2;1-2H3/b4-3-;. The number of rotatable bonds is 3. The van der Waals surface area contributed by atoms with Crippen molar-refractivity contribution in [2.75, 3.05) is 0 Å². The summed E-state index contributed by atoms with van der Waals surface area (Å²) in [6.07, 6.45) is 2.56. The van der Waals surface area contributed by atoms with Gasteiger partial charge in [-0.05, 0) is 12.2 Å². The van der Waals surface area contributed by atoms with Crippen molar-refractivity contribution in [1.29, 1.82) is 0 Å². The van der Waals surface area contributed by atoms with Crippen LogP contribution in [0.4, 0.5) is 4.39 Å². The van der Waals surface area contributed by atoms with E-state index in [1.165, 1.54) is 12.2 Å². The number of halogens is 1. The highest BCUT2D eigenvalue weighted by Gasteiger charge is 1.80. The Kier molecular flexibility index (Phi) is 10.2. The summed E-state index contributed by atoms with van der Waals surface area (Å²) >= 11 is 0. The van der Waals surface area contributed by atoms with Crippen molar-refractivity contribution < 1.29 is 4.39 Å². The fraction of sp³-hybridized carbons (Fsp3) is 0.250. The SMILES string of the molecule is C=C(F)/C=C\C(=C)NN.CC. The van der Waals surface area contributed by atoms with Crippen molar-refractivity contribution in [1.82, 2.24) is 5.43 Å². The van der Waals surface area contributed by atoms with E-state index < -0.39 is 5.83 Å². The third-order valence-electron chi connectivity index (χ3n) is 0.651. The average molecular weight is 158 g/mol. The molecule has 0 aliphatic rings. The Morgan fingerprint density at radius 2 is 1.82 bits per heavy atom. The molecule has 0 radical (unpaired) electrons. The third-order valence-corrected chi connectivity index (χ3v) is 0.651. The molecule has 64 valence electrons. The molecule has 0 heterocycles. The van der Waals surface area contributed by atoms with Gasteiger partial charge in [-0.25, -0.2) is 4.39 Å². The molecule has 0 unspecified atom stereocenters. The summed E-state index contributed by atoms with van der Waals surface area (Å²) in [4.78, 5) is 0. The van der Waals surface area contributed by atoms with Crippen molar-refractivity contribution >= 4 is 0 Å². The summed E-state index contributed by atoms with van der Waals surface area (Å²) in [5.74, 6) is 4.38. The van der Waals surface area contributed by atoms with E-state index in [0.717, 1.165) is 0 Å². The third kappa shape index (κ3) is 12.2. The van der Waals surface area contributed by atoms with Gasteiger partial charge < -0.3 is 5.43 Å². The first-order valence-electron chi connectivity index (χ1n) is 3.35. The molecule has 0 amide bonds. The molecule has 0 bridgehead atoms. The lowest BCUT2D eigenvalue weighted by Gasteiger charge is -1.93. The van der Waals surface area contributed by atoms with Gasteiger partial charge in [-0.1, -0.05) is 27.0 Å². The van der Waals surface area contributed by atoms with Crippen LogP contribution in [-0.2, 0) is 0 Å². The fourth-order valence-corrected chi connectivity index (χ4v) is 0.239. The lowest BCUT2D eigenvalue weighted by atomic mass is 10.4. The quantitative estimate of drug-likeness (QED) is 0.374. The molecule has 0 aliphatic carbocycles. The molecule has 0 aromatic heterocycles. The minimum absolute atomic E-state index is 0.439. The summed E-state index contributed by atoms with van der Waals surface area (Å²) in [6, 6.07) is 0. The number of nitrogens with one attached hydrogen (secondary N) is 1. The van der Waals surface area contributed by atoms with Gasteiger partial charge in [0.15, 0.2) is 0 Å². The second-order valence-electron chi connectivity index (χ2n) is 1.45. The summed E-state index contributed by atoms with van der Waals surface area (Å²) < 4.78 is 11.8. The molecule has 0 fully saturated rings. The van der Waals surface area contributed by atoms with E-state index >= 15 is 0 Å². The van der Waals surface area contributed by atoms with E-state index in [-0.39, 0.29) is 0 Å². The van der Waals surface area contributed by atoms with Gasteiger partial charge in [0, 0.05) is 5.70 Å². The highest BCUT2D eigenvalue weighted by atomic mass is 19.1. The molecule has 0 aliphatic heterocycles. The maximum absolute atomic E-state index is 11.8. The molecule has 0 spiro atoms. The van der Waals surface area contributed by atoms with E-state index in [4.69, 9.17) is 5.84 Å². The van der Waals surface area contributed by atoms with Gasteiger partial charge in [0.25, 0.3) is 0 Å². The van der Waals surface area contributed by atoms with Crippen LogP contribution in [0.3, 0.4) is 0 Å². The van der Waals surface area contributed by atoms with Crippen LogP contribution in [0.25, 0.3) is 0 Å². The lowest BCUT2D eigenvalue weighted by Crippen LogP contribution is -2.18. The molecule has 0 saturated carbocycles. The summed E-state index contributed by atoms with van der Waals surface area (Å²) in [5, 5.41) is 0. The second-order valence-corrected chi connectivity index (χ2v) is 1.45. The molecule has 0 rings (SSSR count). The van der Waals surface area contributed by atoms with Crippen LogP contribution in [0.2, 0.25) is 0 Å². The first-order chi connectivity index (χ1) is 5.16. The van der Waals surface area contributed by atoms with E-state index in [1.54, 1.807) is 0 Å². The van der Waals surface area contributed by atoms with Crippen molar-refractivity contribution in [3.05, 3.63) is 36.8 Å². The lowest BCUT2D eigenvalue weighted by molar-refractivity contribution is 0.671. The van der Waals surface area contributed by atoms with Gasteiger partial charge >= 0.3 is 0 Å². The van der Waals surface area contributed by atoms with Crippen molar-refractivity contribution in [3.8, 4) is 0 Å². The predicted molar refractivity (Wildman–Crippen MR) is 47.2 cm³/mol. The highest BCUT2D eigenvalue weighted by molar-refractivity contribution is 5.18. The van der Waals surface area contributed by atoms with E-state index in [0.29, 0.717) is 5.70 Å². The molecule has 2 nitrogen and oxygen atoms in total. The average Bonchev–Trinajstić information content (AvgIpc) is 2.04. The van der Waals surface area contributed by atoms with Crippen LogP contribution in [0.1, 0.15) is 13.8 Å². The number of hydrazine groups is 1. The molecule has 0 aromatic carbocycles. The number of hydrogen-bond donors (Lipinski definition) is 2. The largest absolute Gasteiger partial charge is 0.325 e. The van der Waals surface area contributed by atoms with Gasteiger partial charge in [-0.15, -0.1) is 0 Å². The van der Waals surface area contributed by atoms with Crippen molar-refractivity contribution in [3.63, 3.8) is 0 Å². The Labute approximate surface area is 67.3 Å². The fourth-order valence-electron chi connectivity index (χ4n) is 0.239. The maximum Gasteiger partial charge on any atom is 0.116 e. The molecule has 3 N–H and O–H groups in total. The normalized spacial score (nSPS) is 8.36. The summed E-state index contributed by atoms with van der Waals surface area (Å²) in [7, 11) is 0. The summed E-state index contributed by atoms with van der Waals surface area (Å²) in [6.45, 7) is 10.4. The van der Waals surface area contributed by atoms with Gasteiger partial charge in [0.05, 0.1) is 0 Å². The second kappa shape index (κ2) is 8.91. The minimum atomic E-state index is -0.522. The van der Waals surface area contributed by atoms with Gasteiger partial charge in [-0.2, -0.15) is 0 Å². The van der Waals surface area contributed by atoms with Crippen LogP contribution in [0.15, 0.2) is 36.8 Å². The van der Waals surface area contributed by atoms with Gasteiger partial charge in [0.2, 0.25) is 0 Å².